The van der Waals surface area contributed by atoms with Crippen molar-refractivity contribution in [1.82, 2.24) is 14.9 Å². The Morgan fingerprint density at radius 3 is 2.84 bits per heavy atom. The topological polar surface area (TPSA) is 76.4 Å². The summed E-state index contributed by atoms with van der Waals surface area (Å²) >= 11 is 0. The number of nitrogens with zero attached hydrogens (tertiary/aromatic N) is 2. The zero-order chi connectivity index (χ0) is 17.8. The molecule has 0 radical (unpaired) electrons. The Hall–Kier alpha value is -2.86. The number of carbonyl (C=O) groups excluding carboxylic acids is 1. The molecule has 0 aliphatic rings. The van der Waals surface area contributed by atoms with Gasteiger partial charge in [0.15, 0.2) is 6.10 Å². The predicted molar refractivity (Wildman–Crippen MR) is 95.4 cm³/mol. The van der Waals surface area contributed by atoms with Crippen molar-refractivity contribution in [3.63, 3.8) is 0 Å². The number of fused-ring (bicyclic) bond motifs is 1. The van der Waals surface area contributed by atoms with Crippen molar-refractivity contribution < 1.29 is 14.6 Å². The lowest BCUT2D eigenvalue weighted by atomic mass is 10.1. The molecule has 6 nitrogen and oxygen atoms in total. The Labute approximate surface area is 146 Å². The Bertz CT molecular complexity index is 889. The maximum atomic E-state index is 12.2. The average molecular weight is 339 g/mol. The number of hydrogen-bond donors (Lipinski definition) is 2. The van der Waals surface area contributed by atoms with Crippen LogP contribution in [-0.4, -0.2) is 34.2 Å². The minimum Gasteiger partial charge on any atom is -0.497 e. The number of aliphatic hydroxyl groups excluding tert-OH is 1. The summed E-state index contributed by atoms with van der Waals surface area (Å²) in [5, 5.41) is 12.9. The smallest absolute Gasteiger partial charge is 0.253 e. The van der Waals surface area contributed by atoms with Gasteiger partial charge in [-0.25, -0.2) is 4.98 Å². The van der Waals surface area contributed by atoms with Crippen LogP contribution >= 0.6 is 0 Å². The second kappa shape index (κ2) is 7.36. The van der Waals surface area contributed by atoms with Crippen molar-refractivity contribution in [2.75, 3.05) is 13.7 Å². The summed E-state index contributed by atoms with van der Waals surface area (Å²) in [6.07, 6.45) is -0.641. The van der Waals surface area contributed by atoms with Gasteiger partial charge in [0.1, 0.15) is 11.6 Å². The van der Waals surface area contributed by atoms with E-state index in [0.29, 0.717) is 24.3 Å². The molecular formula is C19H21N3O3. The van der Waals surface area contributed by atoms with Crippen LogP contribution in [0, 0.1) is 0 Å². The molecule has 0 unspecified atom stereocenters. The van der Waals surface area contributed by atoms with E-state index in [9.17, 15) is 9.90 Å². The summed E-state index contributed by atoms with van der Waals surface area (Å²) in [6.45, 7) is 0.400. The molecule has 1 aromatic heterocycles. The number of benzene rings is 2. The van der Waals surface area contributed by atoms with Crippen LogP contribution in [0.25, 0.3) is 11.0 Å². The summed E-state index contributed by atoms with van der Waals surface area (Å²) in [4.78, 5) is 16.7. The summed E-state index contributed by atoms with van der Waals surface area (Å²) in [5.41, 5.74) is 2.49. The highest BCUT2D eigenvalue weighted by Crippen LogP contribution is 2.19. The number of aryl methyl sites for hydroxylation is 1. The fourth-order valence-corrected chi connectivity index (χ4v) is 2.78. The van der Waals surface area contributed by atoms with Crippen LogP contribution in [-0.2, 0) is 18.3 Å². The molecule has 1 amide bonds. The van der Waals surface area contributed by atoms with Crippen LogP contribution in [0.3, 0.4) is 0 Å². The van der Waals surface area contributed by atoms with E-state index < -0.39 is 12.0 Å². The van der Waals surface area contributed by atoms with E-state index in [-0.39, 0.29) is 0 Å². The third-order valence-electron chi connectivity index (χ3n) is 4.19. The summed E-state index contributed by atoms with van der Waals surface area (Å²) in [7, 11) is 3.50. The highest BCUT2D eigenvalue weighted by Gasteiger charge is 2.17. The Balaban J connectivity index is 1.60. The van der Waals surface area contributed by atoms with Crippen LogP contribution < -0.4 is 10.1 Å². The number of amides is 1. The summed E-state index contributed by atoms with van der Waals surface area (Å²) in [6, 6.07) is 14.7. The van der Waals surface area contributed by atoms with Crippen molar-refractivity contribution in [3.05, 3.63) is 59.9 Å². The monoisotopic (exact) mass is 339 g/mol. The lowest BCUT2D eigenvalue weighted by molar-refractivity contribution is -0.129. The Morgan fingerprint density at radius 1 is 1.28 bits per heavy atom. The maximum Gasteiger partial charge on any atom is 0.253 e. The fourth-order valence-electron chi connectivity index (χ4n) is 2.78. The molecule has 0 saturated carbocycles. The van der Waals surface area contributed by atoms with E-state index in [1.807, 2.05) is 35.9 Å². The predicted octanol–water partition coefficient (Wildman–Crippen LogP) is 1.97. The van der Waals surface area contributed by atoms with Crippen molar-refractivity contribution in [3.8, 4) is 5.75 Å². The van der Waals surface area contributed by atoms with Gasteiger partial charge in [0.05, 0.1) is 18.1 Å². The molecule has 0 aliphatic carbocycles. The maximum absolute atomic E-state index is 12.2. The van der Waals surface area contributed by atoms with Gasteiger partial charge in [-0.1, -0.05) is 24.3 Å². The molecule has 0 spiro atoms. The first-order valence-electron chi connectivity index (χ1n) is 8.10. The molecule has 1 heterocycles. The lowest BCUT2D eigenvalue weighted by Gasteiger charge is -2.12. The van der Waals surface area contributed by atoms with Crippen molar-refractivity contribution in [2.24, 2.45) is 7.05 Å². The Morgan fingerprint density at radius 2 is 2.08 bits per heavy atom. The minimum absolute atomic E-state index is 0.400. The van der Waals surface area contributed by atoms with Crippen molar-refractivity contribution >= 4 is 16.9 Å². The summed E-state index contributed by atoms with van der Waals surface area (Å²) in [5.74, 6) is 1.05. The van der Waals surface area contributed by atoms with Crippen LogP contribution in [0.2, 0.25) is 0 Å². The number of para-hydroxylation sites is 2. The van der Waals surface area contributed by atoms with Crippen molar-refractivity contribution in [2.45, 2.75) is 12.5 Å². The summed E-state index contributed by atoms with van der Waals surface area (Å²) < 4.78 is 7.13. The van der Waals surface area contributed by atoms with E-state index in [1.54, 1.807) is 31.4 Å². The first-order chi connectivity index (χ1) is 12.1. The molecule has 130 valence electrons. The number of aliphatic hydroxyl groups is 1. The number of rotatable bonds is 6. The average Bonchev–Trinajstić information content (AvgIpc) is 2.97. The minimum atomic E-state index is -1.23. The van der Waals surface area contributed by atoms with Gasteiger partial charge in [-0.2, -0.15) is 0 Å². The van der Waals surface area contributed by atoms with Gasteiger partial charge in [-0.05, 0) is 29.8 Å². The van der Waals surface area contributed by atoms with Crippen molar-refractivity contribution in [1.29, 1.82) is 0 Å². The number of carbonyl (C=O) groups is 1. The van der Waals surface area contributed by atoms with E-state index in [0.717, 1.165) is 16.9 Å². The molecule has 25 heavy (non-hydrogen) atoms. The van der Waals surface area contributed by atoms with Gasteiger partial charge in [0.25, 0.3) is 5.91 Å². The van der Waals surface area contributed by atoms with Crippen LogP contribution in [0.4, 0.5) is 0 Å². The number of hydrogen-bond acceptors (Lipinski definition) is 4. The van der Waals surface area contributed by atoms with E-state index >= 15 is 0 Å². The quantitative estimate of drug-likeness (QED) is 0.720. The van der Waals surface area contributed by atoms with Crippen LogP contribution in [0.1, 0.15) is 17.5 Å². The normalized spacial score (nSPS) is 12.1. The lowest BCUT2D eigenvalue weighted by Crippen LogP contribution is -2.31. The van der Waals surface area contributed by atoms with Crippen LogP contribution in [0.15, 0.2) is 48.5 Å². The molecule has 6 heteroatoms. The molecule has 3 rings (SSSR count). The molecule has 3 aromatic rings. The molecule has 0 saturated heterocycles. The number of aromatic nitrogens is 2. The Kier molecular flexibility index (Phi) is 5.00. The van der Waals surface area contributed by atoms with Crippen LogP contribution in [0.5, 0.6) is 5.75 Å². The van der Waals surface area contributed by atoms with Gasteiger partial charge in [-0.3, -0.25) is 4.79 Å². The van der Waals surface area contributed by atoms with Gasteiger partial charge < -0.3 is 19.7 Å². The van der Waals surface area contributed by atoms with E-state index in [2.05, 4.69) is 10.3 Å². The second-order valence-corrected chi connectivity index (χ2v) is 5.80. The molecule has 2 aromatic carbocycles. The van der Waals surface area contributed by atoms with Gasteiger partial charge in [0.2, 0.25) is 0 Å². The number of nitrogens with one attached hydrogen (secondary N) is 1. The van der Waals surface area contributed by atoms with Gasteiger partial charge >= 0.3 is 0 Å². The van der Waals surface area contributed by atoms with E-state index in [4.69, 9.17) is 4.74 Å². The highest BCUT2D eigenvalue weighted by atomic mass is 16.5. The first-order valence-corrected chi connectivity index (χ1v) is 8.10. The third-order valence-corrected chi connectivity index (χ3v) is 4.19. The first kappa shape index (κ1) is 17.0. The number of methoxy groups -OCH3 is 1. The highest BCUT2D eigenvalue weighted by molar-refractivity contribution is 5.82. The fraction of sp³-hybridized carbons (Fsp3) is 0.263. The largest absolute Gasteiger partial charge is 0.497 e. The number of ether oxygens (including phenoxy) is 1. The SMILES string of the molecule is COc1cccc([C@@H](O)C(=O)NCCc2nc3ccccc3n2C)c1. The third kappa shape index (κ3) is 3.64. The van der Waals surface area contributed by atoms with E-state index in [1.165, 1.54) is 0 Å². The molecule has 0 bridgehead atoms. The second-order valence-electron chi connectivity index (χ2n) is 5.80. The molecule has 1 atom stereocenters. The molecular weight excluding hydrogens is 318 g/mol. The zero-order valence-electron chi connectivity index (χ0n) is 14.3. The number of imidazole rings is 1. The zero-order valence-corrected chi connectivity index (χ0v) is 14.3. The molecule has 0 aliphatic heterocycles. The van der Waals surface area contributed by atoms with Gasteiger partial charge in [0, 0.05) is 20.0 Å². The van der Waals surface area contributed by atoms with Gasteiger partial charge in [-0.15, -0.1) is 0 Å². The molecule has 0 fully saturated rings. The standard InChI is InChI=1S/C19H21N3O3/c1-22-16-9-4-3-8-15(16)21-17(22)10-11-20-19(24)18(23)13-6-5-7-14(12-13)25-2/h3-9,12,18,23H,10-11H2,1-2H3,(H,20,24)/t18-/m1/s1. The molecule has 2 N–H and O–H groups in total.